The lowest BCUT2D eigenvalue weighted by atomic mass is 9.87. The molecule has 0 atom stereocenters. The summed E-state index contributed by atoms with van der Waals surface area (Å²) in [6.45, 7) is 2.10. The van der Waals surface area contributed by atoms with Crippen LogP contribution in [0.25, 0.3) is 0 Å². The highest BCUT2D eigenvalue weighted by molar-refractivity contribution is 4.88. The normalized spacial score (nSPS) is 32.9. The van der Waals surface area contributed by atoms with Gasteiger partial charge in [0.15, 0.2) is 0 Å². The van der Waals surface area contributed by atoms with E-state index in [1.54, 1.807) is 0 Å². The molecule has 0 saturated heterocycles. The molecule has 11 heavy (non-hydrogen) atoms. The van der Waals surface area contributed by atoms with Crippen molar-refractivity contribution in [2.24, 2.45) is 5.92 Å². The third-order valence-electron chi connectivity index (χ3n) is 2.52. The van der Waals surface area contributed by atoms with Gasteiger partial charge < -0.3 is 4.74 Å². The van der Waals surface area contributed by atoms with Crippen LogP contribution in [0.3, 0.4) is 0 Å². The van der Waals surface area contributed by atoms with E-state index in [1.807, 2.05) is 7.11 Å². The molecule has 0 aromatic rings. The Morgan fingerprint density at radius 3 is 2.27 bits per heavy atom. The van der Waals surface area contributed by atoms with Crippen LogP contribution in [0.15, 0.2) is 12.2 Å². The number of methoxy groups -OCH3 is 1. The summed E-state index contributed by atoms with van der Waals surface area (Å²) in [6.07, 6.45) is 10.1. The molecule has 0 heterocycles. The molecule has 1 nitrogen and oxygen atoms in total. The zero-order valence-electron chi connectivity index (χ0n) is 7.55. The average Bonchev–Trinajstić information content (AvgIpc) is 2.07. The van der Waals surface area contributed by atoms with Crippen LogP contribution in [-0.2, 0) is 4.74 Å². The Labute approximate surface area is 69.4 Å². The third-order valence-corrected chi connectivity index (χ3v) is 2.52. The first-order valence-electron chi connectivity index (χ1n) is 4.52. The summed E-state index contributed by atoms with van der Waals surface area (Å²) in [7, 11) is 1.82. The van der Waals surface area contributed by atoms with Crippen LogP contribution in [0.4, 0.5) is 0 Å². The van der Waals surface area contributed by atoms with Crippen molar-refractivity contribution in [3.05, 3.63) is 12.2 Å². The monoisotopic (exact) mass is 154 g/mol. The Balaban J connectivity index is 2.24. The lowest BCUT2D eigenvalue weighted by Crippen LogP contribution is -2.19. The minimum Gasteiger partial charge on any atom is -0.381 e. The van der Waals surface area contributed by atoms with Gasteiger partial charge in [0, 0.05) is 7.11 Å². The fourth-order valence-electron chi connectivity index (χ4n) is 1.79. The molecule has 1 aliphatic rings. The van der Waals surface area contributed by atoms with Crippen molar-refractivity contribution < 1.29 is 4.74 Å². The van der Waals surface area contributed by atoms with E-state index in [-0.39, 0.29) is 0 Å². The molecule has 1 fully saturated rings. The summed E-state index contributed by atoms with van der Waals surface area (Å²) in [5.41, 5.74) is 0. The van der Waals surface area contributed by atoms with E-state index >= 15 is 0 Å². The molecule has 1 aliphatic carbocycles. The maximum atomic E-state index is 5.29. The molecular formula is C10H18O. The Kier molecular flexibility index (Phi) is 3.64. The molecule has 64 valence electrons. The van der Waals surface area contributed by atoms with E-state index in [9.17, 15) is 0 Å². The van der Waals surface area contributed by atoms with Crippen LogP contribution in [0, 0.1) is 5.92 Å². The van der Waals surface area contributed by atoms with Gasteiger partial charge in [-0.1, -0.05) is 12.2 Å². The van der Waals surface area contributed by atoms with Crippen LogP contribution in [0.1, 0.15) is 32.6 Å². The van der Waals surface area contributed by atoms with Gasteiger partial charge in [-0.2, -0.15) is 0 Å². The van der Waals surface area contributed by atoms with Gasteiger partial charge in [0.05, 0.1) is 6.10 Å². The summed E-state index contributed by atoms with van der Waals surface area (Å²) >= 11 is 0. The van der Waals surface area contributed by atoms with Gasteiger partial charge >= 0.3 is 0 Å². The number of rotatable bonds is 2. The molecular weight excluding hydrogens is 136 g/mol. The summed E-state index contributed by atoms with van der Waals surface area (Å²) in [4.78, 5) is 0. The summed E-state index contributed by atoms with van der Waals surface area (Å²) < 4.78 is 5.29. The maximum Gasteiger partial charge on any atom is 0.0571 e. The van der Waals surface area contributed by atoms with E-state index in [4.69, 9.17) is 4.74 Å². The topological polar surface area (TPSA) is 9.23 Å². The highest BCUT2D eigenvalue weighted by Gasteiger charge is 2.18. The van der Waals surface area contributed by atoms with Crippen molar-refractivity contribution in [1.29, 1.82) is 0 Å². The minimum absolute atomic E-state index is 0.538. The second-order valence-corrected chi connectivity index (χ2v) is 3.30. The first-order chi connectivity index (χ1) is 5.36. The predicted molar refractivity (Wildman–Crippen MR) is 47.6 cm³/mol. The number of hydrogen-bond acceptors (Lipinski definition) is 1. The number of ether oxygens (including phenoxy) is 1. The number of hydrogen-bond donors (Lipinski definition) is 0. The van der Waals surface area contributed by atoms with Gasteiger partial charge in [-0.25, -0.2) is 0 Å². The standard InChI is InChI=1S/C10H18O/c1-3-4-9-5-7-10(11-2)8-6-9/h3-4,9-10H,5-8H2,1-2H3/b4-3+. The Morgan fingerprint density at radius 2 is 1.82 bits per heavy atom. The van der Waals surface area contributed by atoms with Crippen LogP contribution in [-0.4, -0.2) is 13.2 Å². The molecule has 0 radical (unpaired) electrons. The molecule has 0 spiro atoms. The molecule has 1 saturated carbocycles. The fourth-order valence-corrected chi connectivity index (χ4v) is 1.79. The molecule has 0 aromatic carbocycles. The van der Waals surface area contributed by atoms with Gasteiger partial charge in [0.25, 0.3) is 0 Å². The molecule has 0 aliphatic heterocycles. The van der Waals surface area contributed by atoms with E-state index < -0.39 is 0 Å². The van der Waals surface area contributed by atoms with Crippen LogP contribution >= 0.6 is 0 Å². The van der Waals surface area contributed by atoms with Crippen LogP contribution in [0.2, 0.25) is 0 Å². The summed E-state index contributed by atoms with van der Waals surface area (Å²) in [5.74, 6) is 0.825. The van der Waals surface area contributed by atoms with Gasteiger partial charge in [-0.15, -0.1) is 0 Å². The Hall–Kier alpha value is -0.300. The third kappa shape index (κ3) is 2.66. The molecule has 1 heteroatoms. The highest BCUT2D eigenvalue weighted by Crippen LogP contribution is 2.26. The Morgan fingerprint density at radius 1 is 1.18 bits per heavy atom. The van der Waals surface area contributed by atoms with Crippen molar-refractivity contribution in [1.82, 2.24) is 0 Å². The van der Waals surface area contributed by atoms with Gasteiger partial charge in [0.2, 0.25) is 0 Å². The second kappa shape index (κ2) is 4.55. The first kappa shape index (κ1) is 8.79. The first-order valence-corrected chi connectivity index (χ1v) is 4.52. The van der Waals surface area contributed by atoms with Crippen molar-refractivity contribution in [2.75, 3.05) is 7.11 Å². The lowest BCUT2D eigenvalue weighted by molar-refractivity contribution is 0.0627. The van der Waals surface area contributed by atoms with Crippen LogP contribution in [0.5, 0.6) is 0 Å². The predicted octanol–water partition coefficient (Wildman–Crippen LogP) is 2.77. The van der Waals surface area contributed by atoms with E-state index in [0.29, 0.717) is 6.10 Å². The molecule has 0 bridgehead atoms. The summed E-state index contributed by atoms with van der Waals surface area (Å²) in [6, 6.07) is 0. The fraction of sp³-hybridized carbons (Fsp3) is 0.800. The largest absolute Gasteiger partial charge is 0.381 e. The van der Waals surface area contributed by atoms with E-state index in [0.717, 1.165) is 5.92 Å². The van der Waals surface area contributed by atoms with E-state index in [2.05, 4.69) is 19.1 Å². The molecule has 0 N–H and O–H groups in total. The smallest absolute Gasteiger partial charge is 0.0571 e. The molecule has 0 amide bonds. The van der Waals surface area contributed by atoms with Crippen molar-refractivity contribution in [3.8, 4) is 0 Å². The molecule has 0 aromatic heterocycles. The SMILES string of the molecule is C/C=C/C1CCC(OC)CC1. The molecule has 1 rings (SSSR count). The van der Waals surface area contributed by atoms with Crippen molar-refractivity contribution in [3.63, 3.8) is 0 Å². The minimum atomic E-state index is 0.538. The quantitative estimate of drug-likeness (QED) is 0.556. The van der Waals surface area contributed by atoms with Gasteiger partial charge in [-0.3, -0.25) is 0 Å². The maximum absolute atomic E-state index is 5.29. The average molecular weight is 154 g/mol. The second-order valence-electron chi connectivity index (χ2n) is 3.30. The Bertz CT molecular complexity index is 121. The van der Waals surface area contributed by atoms with Gasteiger partial charge in [-0.05, 0) is 38.5 Å². The van der Waals surface area contributed by atoms with Crippen molar-refractivity contribution >= 4 is 0 Å². The zero-order valence-corrected chi connectivity index (χ0v) is 7.55. The highest BCUT2D eigenvalue weighted by atomic mass is 16.5. The van der Waals surface area contributed by atoms with Gasteiger partial charge in [0.1, 0.15) is 0 Å². The van der Waals surface area contributed by atoms with Crippen molar-refractivity contribution in [2.45, 2.75) is 38.7 Å². The van der Waals surface area contributed by atoms with Crippen LogP contribution < -0.4 is 0 Å². The number of allylic oxidation sites excluding steroid dienone is 2. The lowest BCUT2D eigenvalue weighted by Gasteiger charge is -2.25. The van der Waals surface area contributed by atoms with E-state index in [1.165, 1.54) is 25.7 Å². The summed E-state index contributed by atoms with van der Waals surface area (Å²) in [5, 5.41) is 0. The molecule has 0 unspecified atom stereocenters. The zero-order chi connectivity index (χ0) is 8.10.